The molecule has 4 aromatic rings. The maximum Gasteiger partial charge on any atom is 0.161 e. The monoisotopic (exact) mass is 1030 g/mol. The van der Waals surface area contributed by atoms with Crippen molar-refractivity contribution in [2.75, 3.05) is 159 Å². The lowest BCUT2D eigenvalue weighted by Crippen LogP contribution is -2.13. The first-order chi connectivity index (χ1) is 37.1. The normalized spacial score (nSPS) is 18.3. The van der Waals surface area contributed by atoms with E-state index in [1.807, 2.05) is 18.2 Å². The van der Waals surface area contributed by atoms with Gasteiger partial charge in [-0.05, 0) is 106 Å². The molecule has 0 aromatic heterocycles. The number of ether oxygens (including phenoxy) is 15. The molecular formula is C57H63N3O15. The maximum atomic E-state index is 10.9. The van der Waals surface area contributed by atoms with Crippen molar-refractivity contribution in [2.45, 2.75) is 0 Å². The summed E-state index contributed by atoms with van der Waals surface area (Å²) in [6.45, 7) is 8.78. The molecule has 0 aliphatic carbocycles. The second-order valence-electron chi connectivity index (χ2n) is 16.5. The standard InChI is InChI=1S/C57H63N3O15/c58-40-49(31-43-1-4-52-55(34-43)73-28-22-67-16-10-61-7-13-64-19-25-70-52)46-37-47(50(41-59)32-44-2-5-53-56(35-44)74-29-23-68-17-11-62-8-14-65-20-26-71-53)39-48(38-46)51(42-60)33-45-3-6-54-57(36-45)75-30-24-69-18-12-63-9-15-66-21-27-72-54/h1-6,31-39H,7-30H2/b49-31+,50-32+,51-33+. The van der Waals surface area contributed by atoms with E-state index in [1.165, 1.54) is 0 Å². The van der Waals surface area contributed by atoms with Crippen LogP contribution in [-0.2, 0) is 42.6 Å². The number of benzene rings is 4. The van der Waals surface area contributed by atoms with Crippen LogP contribution in [-0.4, -0.2) is 159 Å². The third-order valence-corrected chi connectivity index (χ3v) is 11.2. The molecular weight excluding hydrogens is 967 g/mol. The predicted octanol–water partition coefficient (Wildman–Crippen LogP) is 7.34. The summed E-state index contributed by atoms with van der Waals surface area (Å²) in [5.41, 5.74) is 3.99. The fraction of sp³-hybridized carbons (Fsp3) is 0.421. The first-order valence-electron chi connectivity index (χ1n) is 25.0. The van der Waals surface area contributed by atoms with Gasteiger partial charge in [0.25, 0.3) is 0 Å². The summed E-state index contributed by atoms with van der Waals surface area (Å²) in [6, 6.07) is 28.5. The molecule has 3 heterocycles. The zero-order valence-electron chi connectivity index (χ0n) is 42.1. The average molecular weight is 1030 g/mol. The first-order valence-corrected chi connectivity index (χ1v) is 25.0. The van der Waals surface area contributed by atoms with Crippen molar-refractivity contribution in [2.24, 2.45) is 0 Å². The molecule has 75 heavy (non-hydrogen) atoms. The van der Waals surface area contributed by atoms with E-state index in [1.54, 1.807) is 72.8 Å². The molecule has 4 aromatic carbocycles. The number of allylic oxidation sites excluding steroid dienone is 3. The Morgan fingerprint density at radius 3 is 0.680 bits per heavy atom. The molecule has 0 fully saturated rings. The highest BCUT2D eigenvalue weighted by Crippen LogP contribution is 2.35. The number of fused-ring (bicyclic) bond motifs is 3. The van der Waals surface area contributed by atoms with Gasteiger partial charge in [0.15, 0.2) is 34.5 Å². The molecule has 0 amide bonds. The Kier molecular flexibility index (Phi) is 24.0. The quantitative estimate of drug-likeness (QED) is 0.137. The van der Waals surface area contributed by atoms with E-state index in [4.69, 9.17) is 71.1 Å². The van der Waals surface area contributed by atoms with Gasteiger partial charge < -0.3 is 71.1 Å². The second-order valence-corrected chi connectivity index (χ2v) is 16.5. The fourth-order valence-electron chi connectivity index (χ4n) is 7.56. The summed E-state index contributed by atoms with van der Waals surface area (Å²) in [4.78, 5) is 0. The zero-order chi connectivity index (χ0) is 52.0. The fourth-order valence-corrected chi connectivity index (χ4v) is 7.56. The zero-order valence-corrected chi connectivity index (χ0v) is 42.1. The summed E-state index contributed by atoms with van der Waals surface area (Å²) in [5, 5.41) is 32.6. The summed E-state index contributed by atoms with van der Waals surface area (Å²) >= 11 is 0. The second kappa shape index (κ2) is 32.3. The highest BCUT2D eigenvalue weighted by atomic mass is 16.6. The Labute approximate surface area is 437 Å². The molecule has 18 heteroatoms. The Hall–Kier alpha value is -6.99. The van der Waals surface area contributed by atoms with Crippen LogP contribution in [0, 0.1) is 34.0 Å². The van der Waals surface area contributed by atoms with Gasteiger partial charge in [-0.2, -0.15) is 15.8 Å². The van der Waals surface area contributed by atoms with Gasteiger partial charge in [-0.25, -0.2) is 0 Å². The van der Waals surface area contributed by atoms with Crippen LogP contribution in [0.15, 0.2) is 72.8 Å². The molecule has 0 unspecified atom stereocenters. The smallest absolute Gasteiger partial charge is 0.161 e. The van der Waals surface area contributed by atoms with Crippen LogP contribution in [0.3, 0.4) is 0 Å². The number of hydrogen-bond donors (Lipinski definition) is 0. The minimum Gasteiger partial charge on any atom is -0.487 e. The van der Waals surface area contributed by atoms with Crippen LogP contribution < -0.4 is 28.4 Å². The van der Waals surface area contributed by atoms with Gasteiger partial charge in [-0.15, -0.1) is 0 Å². The van der Waals surface area contributed by atoms with Crippen molar-refractivity contribution in [3.63, 3.8) is 0 Å². The van der Waals surface area contributed by atoms with Gasteiger partial charge in [0.1, 0.15) is 39.6 Å². The summed E-state index contributed by atoms with van der Waals surface area (Å²) in [6.07, 6.45) is 5.15. The summed E-state index contributed by atoms with van der Waals surface area (Å²) in [5.74, 6) is 2.86. The van der Waals surface area contributed by atoms with E-state index >= 15 is 0 Å². The maximum absolute atomic E-state index is 10.9. The van der Waals surface area contributed by atoms with Crippen molar-refractivity contribution >= 4 is 34.9 Å². The van der Waals surface area contributed by atoms with Gasteiger partial charge in [0.05, 0.1) is 154 Å². The average Bonchev–Trinajstić information content (AvgIpc) is 3.45. The molecule has 7 rings (SSSR count). The minimum atomic E-state index is 0.244. The molecule has 0 N–H and O–H groups in total. The number of nitriles is 3. The lowest BCUT2D eigenvalue weighted by Gasteiger charge is -2.15. The topological polar surface area (TPSA) is 210 Å². The molecule has 0 saturated heterocycles. The molecule has 0 bridgehead atoms. The van der Waals surface area contributed by atoms with E-state index in [-0.39, 0.29) is 56.4 Å². The van der Waals surface area contributed by atoms with Crippen LogP contribution in [0.4, 0.5) is 0 Å². The van der Waals surface area contributed by atoms with E-state index in [0.717, 1.165) is 0 Å². The molecule has 3 aliphatic heterocycles. The highest BCUT2D eigenvalue weighted by molar-refractivity contribution is 5.98. The van der Waals surface area contributed by atoms with Gasteiger partial charge in [0.2, 0.25) is 0 Å². The molecule has 0 atom stereocenters. The van der Waals surface area contributed by atoms with E-state index < -0.39 is 0 Å². The largest absolute Gasteiger partial charge is 0.487 e. The third kappa shape index (κ3) is 19.0. The Morgan fingerprint density at radius 2 is 0.467 bits per heavy atom. The van der Waals surface area contributed by atoms with Gasteiger partial charge in [-0.1, -0.05) is 18.2 Å². The lowest BCUT2D eigenvalue weighted by molar-refractivity contribution is 0.00708. The van der Waals surface area contributed by atoms with Crippen LogP contribution in [0.1, 0.15) is 33.4 Å². The number of nitrogens with zero attached hydrogens (tertiary/aromatic N) is 3. The molecule has 396 valence electrons. The van der Waals surface area contributed by atoms with Crippen molar-refractivity contribution < 1.29 is 71.1 Å². The third-order valence-electron chi connectivity index (χ3n) is 11.2. The summed E-state index contributed by atoms with van der Waals surface area (Å²) in [7, 11) is 0. The van der Waals surface area contributed by atoms with Crippen LogP contribution >= 0.6 is 0 Å². The van der Waals surface area contributed by atoms with Crippen LogP contribution in [0.25, 0.3) is 34.9 Å². The van der Waals surface area contributed by atoms with Gasteiger partial charge >= 0.3 is 0 Å². The van der Waals surface area contributed by atoms with Gasteiger partial charge in [-0.3, -0.25) is 0 Å². The number of rotatable bonds is 6. The van der Waals surface area contributed by atoms with Crippen molar-refractivity contribution in [3.05, 3.63) is 106 Å². The van der Waals surface area contributed by atoms with Crippen LogP contribution in [0.2, 0.25) is 0 Å². The lowest BCUT2D eigenvalue weighted by atomic mass is 9.92. The van der Waals surface area contributed by atoms with E-state index in [2.05, 4.69) is 18.2 Å². The van der Waals surface area contributed by atoms with Crippen LogP contribution in [0.5, 0.6) is 34.5 Å². The van der Waals surface area contributed by atoms with E-state index in [9.17, 15) is 15.8 Å². The Balaban J connectivity index is 1.26. The molecule has 3 aliphatic rings. The number of hydrogen-bond acceptors (Lipinski definition) is 18. The minimum absolute atomic E-state index is 0.244. The predicted molar refractivity (Wildman–Crippen MR) is 277 cm³/mol. The van der Waals surface area contributed by atoms with Crippen molar-refractivity contribution in [1.82, 2.24) is 0 Å². The Bertz CT molecular complexity index is 2350. The molecule has 0 saturated carbocycles. The Morgan fingerprint density at radius 1 is 0.267 bits per heavy atom. The van der Waals surface area contributed by atoms with Crippen molar-refractivity contribution in [1.29, 1.82) is 15.8 Å². The summed E-state index contributed by atoms with van der Waals surface area (Å²) < 4.78 is 87.1. The van der Waals surface area contributed by atoms with Gasteiger partial charge in [0, 0.05) is 0 Å². The highest BCUT2D eigenvalue weighted by Gasteiger charge is 2.17. The molecule has 0 radical (unpaired) electrons. The van der Waals surface area contributed by atoms with E-state index in [0.29, 0.717) is 187 Å². The van der Waals surface area contributed by atoms with Crippen molar-refractivity contribution in [3.8, 4) is 52.7 Å². The molecule has 18 nitrogen and oxygen atoms in total. The SMILES string of the molecule is N#C/C(=C\c1ccc2c(c1)OCCOCCOCCOCCO2)c1cc(/C(C#N)=C/c2ccc3c(c2)OCCOCCOCCOCCO3)cc(/C(C#N)=C/c2ccc3c(c2)OCCOCCOCCOCCO3)c1. The molecule has 0 spiro atoms. The first kappa shape index (κ1) is 55.8.